The van der Waals surface area contributed by atoms with Gasteiger partial charge in [-0.3, -0.25) is 9.69 Å². The zero-order valence-corrected chi connectivity index (χ0v) is 18.9. The largest absolute Gasteiger partial charge is 0.423 e. The first-order valence-electron chi connectivity index (χ1n) is 9.97. The fraction of sp³-hybridized carbons (Fsp3) is 0.333. The fourth-order valence-corrected chi connectivity index (χ4v) is 4.23. The second-order valence-corrected chi connectivity index (χ2v) is 8.72. The third-order valence-electron chi connectivity index (χ3n) is 5.07. The van der Waals surface area contributed by atoms with Gasteiger partial charge in [-0.15, -0.1) is 11.8 Å². The van der Waals surface area contributed by atoms with Crippen LogP contribution < -0.4 is 10.9 Å². The number of nitrogens with zero attached hydrogens (tertiary/aromatic N) is 1. The molecule has 158 valence electrons. The molecule has 0 saturated carbocycles. The zero-order chi connectivity index (χ0) is 21.8. The average Bonchev–Trinajstić information content (AvgIpc) is 2.67. The molecule has 0 radical (unpaired) electrons. The standard InChI is InChI=1S/C24H28N2O3S/c1-15(2)18-12-19-17(11-24(28)29-21(19)10-16(18)3)13-26(4)14-23(27)25-20-8-6-7-9-22(20)30-5/h6-12,15H,13-14H2,1-5H3,(H,25,27). The Morgan fingerprint density at radius 2 is 1.93 bits per heavy atom. The number of anilines is 1. The summed E-state index contributed by atoms with van der Waals surface area (Å²) in [4.78, 5) is 27.6. The molecule has 6 heteroatoms. The zero-order valence-electron chi connectivity index (χ0n) is 18.1. The van der Waals surface area contributed by atoms with Crippen LogP contribution in [0.15, 0.2) is 56.6 Å². The van der Waals surface area contributed by atoms with Crippen LogP contribution in [-0.4, -0.2) is 30.7 Å². The van der Waals surface area contributed by atoms with Crippen molar-refractivity contribution in [2.24, 2.45) is 0 Å². The van der Waals surface area contributed by atoms with Gasteiger partial charge in [0.1, 0.15) is 5.58 Å². The van der Waals surface area contributed by atoms with Gasteiger partial charge in [-0.2, -0.15) is 0 Å². The number of para-hydroxylation sites is 1. The molecule has 5 nitrogen and oxygen atoms in total. The van der Waals surface area contributed by atoms with Gasteiger partial charge in [-0.05, 0) is 67.1 Å². The Kier molecular flexibility index (Phi) is 7.00. The number of nitrogens with one attached hydrogen (secondary N) is 1. The number of hydrogen-bond acceptors (Lipinski definition) is 5. The van der Waals surface area contributed by atoms with Crippen molar-refractivity contribution in [3.8, 4) is 0 Å². The van der Waals surface area contributed by atoms with E-state index in [9.17, 15) is 9.59 Å². The molecule has 0 spiro atoms. The molecule has 1 N–H and O–H groups in total. The molecule has 1 heterocycles. The Balaban J connectivity index is 1.80. The number of thioether (sulfide) groups is 1. The van der Waals surface area contributed by atoms with Crippen molar-refractivity contribution in [2.45, 2.75) is 38.1 Å². The summed E-state index contributed by atoms with van der Waals surface area (Å²) in [6.45, 7) is 7.02. The first-order valence-corrected chi connectivity index (χ1v) is 11.2. The summed E-state index contributed by atoms with van der Waals surface area (Å²) in [5, 5.41) is 3.90. The second kappa shape index (κ2) is 9.49. The summed E-state index contributed by atoms with van der Waals surface area (Å²) < 4.78 is 5.43. The first-order chi connectivity index (χ1) is 14.3. The van der Waals surface area contributed by atoms with Gasteiger partial charge in [0.2, 0.25) is 5.91 Å². The van der Waals surface area contributed by atoms with Crippen LogP contribution in [0.5, 0.6) is 0 Å². The van der Waals surface area contributed by atoms with Gasteiger partial charge in [0.05, 0.1) is 12.2 Å². The maximum atomic E-state index is 12.6. The number of benzene rings is 2. The van der Waals surface area contributed by atoms with Gasteiger partial charge in [0.15, 0.2) is 0 Å². The summed E-state index contributed by atoms with van der Waals surface area (Å²) in [6.07, 6.45) is 1.98. The molecule has 1 aromatic heterocycles. The molecular weight excluding hydrogens is 396 g/mol. The molecule has 1 amide bonds. The van der Waals surface area contributed by atoms with Crippen LogP contribution in [0.2, 0.25) is 0 Å². The number of aryl methyl sites for hydroxylation is 1. The lowest BCUT2D eigenvalue weighted by molar-refractivity contribution is -0.117. The molecule has 30 heavy (non-hydrogen) atoms. The highest BCUT2D eigenvalue weighted by molar-refractivity contribution is 7.98. The molecule has 0 aliphatic rings. The minimum absolute atomic E-state index is 0.0926. The number of carbonyl (C=O) groups excluding carboxylic acids is 1. The molecular formula is C24H28N2O3S. The Morgan fingerprint density at radius 1 is 1.20 bits per heavy atom. The third-order valence-corrected chi connectivity index (χ3v) is 5.87. The van der Waals surface area contributed by atoms with E-state index in [0.29, 0.717) is 18.0 Å². The molecule has 0 bridgehead atoms. The summed E-state index contributed by atoms with van der Waals surface area (Å²) in [7, 11) is 1.87. The topological polar surface area (TPSA) is 62.6 Å². The highest BCUT2D eigenvalue weighted by atomic mass is 32.2. The number of carbonyl (C=O) groups is 1. The first kappa shape index (κ1) is 22.1. The van der Waals surface area contributed by atoms with E-state index >= 15 is 0 Å². The fourth-order valence-electron chi connectivity index (χ4n) is 3.67. The van der Waals surface area contributed by atoms with Crippen LogP contribution in [0.1, 0.15) is 36.5 Å². The number of likely N-dealkylation sites (N-methyl/N-ethyl adjacent to an activating group) is 1. The average molecular weight is 425 g/mol. The van der Waals surface area contributed by atoms with E-state index in [-0.39, 0.29) is 18.1 Å². The van der Waals surface area contributed by atoms with E-state index in [1.165, 1.54) is 11.6 Å². The van der Waals surface area contributed by atoms with Crippen LogP contribution in [0.25, 0.3) is 11.0 Å². The van der Waals surface area contributed by atoms with Gasteiger partial charge in [-0.1, -0.05) is 26.0 Å². The molecule has 2 aromatic carbocycles. The van der Waals surface area contributed by atoms with E-state index in [0.717, 1.165) is 27.1 Å². The van der Waals surface area contributed by atoms with Gasteiger partial charge in [-0.25, -0.2) is 4.79 Å². The quantitative estimate of drug-likeness (QED) is 0.426. The number of hydrogen-bond donors (Lipinski definition) is 1. The van der Waals surface area contributed by atoms with Gasteiger partial charge in [0, 0.05) is 22.9 Å². The van der Waals surface area contributed by atoms with Crippen molar-refractivity contribution in [3.05, 3.63) is 69.6 Å². The lowest BCUT2D eigenvalue weighted by atomic mass is 9.95. The molecule has 3 aromatic rings. The van der Waals surface area contributed by atoms with E-state index in [4.69, 9.17) is 4.42 Å². The molecule has 0 aliphatic carbocycles. The minimum atomic E-state index is -0.374. The van der Waals surface area contributed by atoms with Crippen LogP contribution >= 0.6 is 11.8 Å². The molecule has 3 rings (SSSR count). The summed E-state index contributed by atoms with van der Waals surface area (Å²) in [5.74, 6) is 0.277. The van der Waals surface area contributed by atoms with E-state index in [1.54, 1.807) is 11.8 Å². The van der Waals surface area contributed by atoms with Crippen molar-refractivity contribution in [1.29, 1.82) is 0 Å². The Bertz CT molecular complexity index is 1120. The predicted molar refractivity (Wildman–Crippen MR) is 124 cm³/mol. The summed E-state index contributed by atoms with van der Waals surface area (Å²) >= 11 is 1.59. The van der Waals surface area contributed by atoms with Crippen LogP contribution in [0.3, 0.4) is 0 Å². The third kappa shape index (κ3) is 5.12. The van der Waals surface area contributed by atoms with Crippen molar-refractivity contribution in [1.82, 2.24) is 4.90 Å². The minimum Gasteiger partial charge on any atom is -0.423 e. The van der Waals surface area contributed by atoms with E-state index in [2.05, 4.69) is 25.2 Å². The van der Waals surface area contributed by atoms with Gasteiger partial charge >= 0.3 is 5.63 Å². The van der Waals surface area contributed by atoms with Gasteiger partial charge in [0.25, 0.3) is 0 Å². The molecule has 0 aliphatic heterocycles. The molecule has 0 fully saturated rings. The number of rotatable bonds is 7. The molecule has 0 saturated heterocycles. The second-order valence-electron chi connectivity index (χ2n) is 7.87. The summed E-state index contributed by atoms with van der Waals surface area (Å²) in [6, 6.07) is 13.3. The van der Waals surface area contributed by atoms with Crippen molar-refractivity contribution in [2.75, 3.05) is 25.2 Å². The highest BCUT2D eigenvalue weighted by Crippen LogP contribution is 2.27. The SMILES string of the molecule is CSc1ccccc1NC(=O)CN(C)Cc1cc(=O)oc2cc(C)c(C(C)C)cc12. The highest BCUT2D eigenvalue weighted by Gasteiger charge is 2.14. The lowest BCUT2D eigenvalue weighted by Crippen LogP contribution is -2.30. The van der Waals surface area contributed by atoms with Crippen molar-refractivity contribution in [3.63, 3.8) is 0 Å². The van der Waals surface area contributed by atoms with Crippen LogP contribution in [0.4, 0.5) is 5.69 Å². The maximum Gasteiger partial charge on any atom is 0.336 e. The monoisotopic (exact) mass is 424 g/mol. The Morgan fingerprint density at radius 3 is 2.63 bits per heavy atom. The van der Waals surface area contributed by atoms with Crippen LogP contribution in [-0.2, 0) is 11.3 Å². The predicted octanol–water partition coefficient (Wildman–Crippen LogP) is 5.02. The Hall–Kier alpha value is -2.57. The number of amides is 1. The Labute approximate surface area is 181 Å². The van der Waals surface area contributed by atoms with E-state index in [1.807, 2.05) is 55.5 Å². The molecule has 0 unspecified atom stereocenters. The normalized spacial score (nSPS) is 11.4. The van der Waals surface area contributed by atoms with Crippen LogP contribution in [0, 0.1) is 6.92 Å². The van der Waals surface area contributed by atoms with Crippen molar-refractivity contribution < 1.29 is 9.21 Å². The lowest BCUT2D eigenvalue weighted by Gasteiger charge is -2.19. The summed E-state index contributed by atoms with van der Waals surface area (Å²) in [5.41, 5.74) is 4.23. The molecule has 0 atom stereocenters. The smallest absolute Gasteiger partial charge is 0.336 e. The van der Waals surface area contributed by atoms with Crippen molar-refractivity contribution >= 4 is 34.3 Å². The number of fused-ring (bicyclic) bond motifs is 1. The van der Waals surface area contributed by atoms with Gasteiger partial charge < -0.3 is 9.73 Å². The van der Waals surface area contributed by atoms with E-state index < -0.39 is 0 Å². The maximum absolute atomic E-state index is 12.6.